The minimum absolute atomic E-state index is 0.260. The molecule has 1 aromatic carbocycles. The molecular formula is C17H17N3O2S. The Morgan fingerprint density at radius 1 is 1.35 bits per heavy atom. The Bertz CT molecular complexity index is 814. The predicted octanol–water partition coefficient (Wildman–Crippen LogP) is 3.53. The molecule has 5 nitrogen and oxygen atoms in total. The number of benzene rings is 1. The molecule has 0 bridgehead atoms. The number of nitrogen functional groups attached to an aromatic ring is 1. The first-order valence-electron chi connectivity index (χ1n) is 7.17. The van der Waals surface area contributed by atoms with Crippen LogP contribution in [0.4, 0.5) is 5.82 Å². The maximum Gasteiger partial charge on any atom is 0.142 e. The number of thioether (sulfide) groups is 1. The van der Waals surface area contributed by atoms with Crippen molar-refractivity contribution in [1.82, 2.24) is 4.98 Å². The zero-order valence-electron chi connectivity index (χ0n) is 13.2. The van der Waals surface area contributed by atoms with E-state index in [9.17, 15) is 5.26 Å². The molecule has 0 spiro atoms. The Kier molecular flexibility index (Phi) is 4.05. The van der Waals surface area contributed by atoms with Gasteiger partial charge < -0.3 is 15.2 Å². The number of nitriles is 1. The van der Waals surface area contributed by atoms with Crippen LogP contribution in [0, 0.1) is 11.3 Å². The molecule has 0 saturated heterocycles. The van der Waals surface area contributed by atoms with Crippen LogP contribution in [0.1, 0.15) is 29.0 Å². The number of fused-ring (bicyclic) bond motifs is 1. The molecule has 1 aliphatic heterocycles. The quantitative estimate of drug-likeness (QED) is 0.929. The van der Waals surface area contributed by atoms with Gasteiger partial charge in [0.05, 0.1) is 19.9 Å². The fraction of sp³-hybridized carbons (Fsp3) is 0.294. The summed E-state index contributed by atoms with van der Waals surface area (Å²) in [7, 11) is 3.22. The van der Waals surface area contributed by atoms with E-state index >= 15 is 0 Å². The van der Waals surface area contributed by atoms with Crippen LogP contribution in [0.3, 0.4) is 0 Å². The van der Waals surface area contributed by atoms with Crippen LogP contribution in [0.15, 0.2) is 18.2 Å². The third-order valence-electron chi connectivity index (χ3n) is 4.01. The fourth-order valence-electron chi connectivity index (χ4n) is 2.85. The summed E-state index contributed by atoms with van der Waals surface area (Å²) in [5.74, 6) is 2.45. The Morgan fingerprint density at radius 3 is 2.78 bits per heavy atom. The summed E-state index contributed by atoms with van der Waals surface area (Å²) >= 11 is 1.79. The van der Waals surface area contributed by atoms with Gasteiger partial charge in [-0.25, -0.2) is 4.98 Å². The van der Waals surface area contributed by atoms with Gasteiger partial charge in [0.25, 0.3) is 0 Å². The van der Waals surface area contributed by atoms with Gasteiger partial charge in [-0.05, 0) is 30.7 Å². The first kappa shape index (κ1) is 15.5. The number of nitrogens with zero attached hydrogens (tertiary/aromatic N) is 2. The Labute approximate surface area is 139 Å². The van der Waals surface area contributed by atoms with Crippen LogP contribution >= 0.6 is 11.8 Å². The van der Waals surface area contributed by atoms with Crippen LogP contribution in [-0.4, -0.2) is 19.2 Å². The van der Waals surface area contributed by atoms with Gasteiger partial charge in [-0.1, -0.05) is 0 Å². The van der Waals surface area contributed by atoms with Crippen molar-refractivity contribution in [3.05, 3.63) is 35.0 Å². The monoisotopic (exact) mass is 327 g/mol. The molecule has 0 radical (unpaired) electrons. The molecule has 118 valence electrons. The van der Waals surface area contributed by atoms with Crippen molar-refractivity contribution >= 4 is 17.6 Å². The van der Waals surface area contributed by atoms with Crippen LogP contribution in [-0.2, 0) is 5.75 Å². The number of rotatable bonds is 3. The van der Waals surface area contributed by atoms with Gasteiger partial charge in [-0.3, -0.25) is 0 Å². The number of pyridine rings is 1. The second kappa shape index (κ2) is 6.01. The van der Waals surface area contributed by atoms with E-state index < -0.39 is 0 Å². The highest BCUT2D eigenvalue weighted by Crippen LogP contribution is 2.48. The highest BCUT2D eigenvalue weighted by Gasteiger charge is 2.29. The third-order valence-corrected chi connectivity index (χ3v) is 5.19. The molecule has 1 atom stereocenters. The zero-order chi connectivity index (χ0) is 16.6. The van der Waals surface area contributed by atoms with Gasteiger partial charge >= 0.3 is 0 Å². The van der Waals surface area contributed by atoms with E-state index in [0.717, 1.165) is 28.1 Å². The highest BCUT2D eigenvalue weighted by molar-refractivity contribution is 7.99. The van der Waals surface area contributed by atoms with Gasteiger partial charge in [0, 0.05) is 22.1 Å². The largest absolute Gasteiger partial charge is 0.497 e. The molecule has 23 heavy (non-hydrogen) atoms. The number of nitrogens with two attached hydrogens (primary N) is 1. The summed E-state index contributed by atoms with van der Waals surface area (Å²) < 4.78 is 10.8. The van der Waals surface area contributed by atoms with Crippen molar-refractivity contribution in [2.45, 2.75) is 17.9 Å². The molecule has 0 amide bonds. The maximum atomic E-state index is 9.60. The van der Waals surface area contributed by atoms with Gasteiger partial charge in [0.2, 0.25) is 0 Å². The number of hydrogen-bond donors (Lipinski definition) is 1. The normalized spacial score (nSPS) is 15.8. The van der Waals surface area contributed by atoms with Crippen molar-refractivity contribution in [2.24, 2.45) is 0 Å². The maximum absolute atomic E-state index is 9.60. The second-order valence-corrected chi connectivity index (χ2v) is 6.57. The second-order valence-electron chi connectivity index (χ2n) is 5.24. The summed E-state index contributed by atoms with van der Waals surface area (Å²) in [5, 5.41) is 9.86. The summed E-state index contributed by atoms with van der Waals surface area (Å²) in [5.41, 5.74) is 10.1. The van der Waals surface area contributed by atoms with Crippen molar-refractivity contribution in [3.63, 3.8) is 0 Å². The standard InChI is InChI=1S/C17H17N3O2S/c1-9-16-13(8-23-9)15(12(7-18)17(19)20-16)11-6-10(21-2)4-5-14(11)22-3/h4-6,9H,8H2,1-3H3,(H2,19,20)/t9-/m1/s1. The highest BCUT2D eigenvalue weighted by atomic mass is 32.2. The number of methoxy groups -OCH3 is 2. The molecule has 0 unspecified atom stereocenters. The average molecular weight is 327 g/mol. The van der Waals surface area contributed by atoms with Gasteiger partial charge in [-0.2, -0.15) is 5.26 Å². The number of hydrogen-bond acceptors (Lipinski definition) is 6. The van der Waals surface area contributed by atoms with Crippen LogP contribution < -0.4 is 15.2 Å². The number of anilines is 1. The van der Waals surface area contributed by atoms with E-state index in [2.05, 4.69) is 18.0 Å². The third kappa shape index (κ3) is 2.47. The molecule has 0 fully saturated rings. The molecule has 1 aromatic heterocycles. The van der Waals surface area contributed by atoms with Gasteiger partial charge in [-0.15, -0.1) is 11.8 Å². The minimum Gasteiger partial charge on any atom is -0.497 e. The molecule has 0 aliphatic carbocycles. The van der Waals surface area contributed by atoms with Crippen LogP contribution in [0.5, 0.6) is 11.5 Å². The first-order valence-corrected chi connectivity index (χ1v) is 8.21. The molecule has 3 rings (SSSR count). The van der Waals surface area contributed by atoms with E-state index in [0.29, 0.717) is 17.1 Å². The molecular weight excluding hydrogens is 310 g/mol. The SMILES string of the molecule is COc1ccc(OC)c(-c2c(C#N)c(N)nc3c2CS[C@@H]3C)c1. The lowest BCUT2D eigenvalue weighted by atomic mass is 9.93. The lowest BCUT2D eigenvalue weighted by Gasteiger charge is -2.16. The molecule has 2 N–H and O–H groups in total. The topological polar surface area (TPSA) is 81.2 Å². The smallest absolute Gasteiger partial charge is 0.142 e. The molecule has 0 saturated carbocycles. The lowest BCUT2D eigenvalue weighted by molar-refractivity contribution is 0.404. The first-order chi connectivity index (χ1) is 11.1. The summed E-state index contributed by atoms with van der Waals surface area (Å²) in [6.45, 7) is 2.10. The molecule has 2 heterocycles. The number of ether oxygens (including phenoxy) is 2. The molecule has 2 aromatic rings. The Morgan fingerprint density at radius 2 is 2.13 bits per heavy atom. The predicted molar refractivity (Wildman–Crippen MR) is 91.6 cm³/mol. The van der Waals surface area contributed by atoms with Crippen molar-refractivity contribution < 1.29 is 9.47 Å². The summed E-state index contributed by atoms with van der Waals surface area (Å²) in [4.78, 5) is 4.45. The Hall–Kier alpha value is -2.39. The van der Waals surface area contributed by atoms with Gasteiger partial charge in [0.15, 0.2) is 0 Å². The summed E-state index contributed by atoms with van der Waals surface area (Å²) in [6, 6.07) is 7.75. The average Bonchev–Trinajstić information content (AvgIpc) is 2.93. The van der Waals surface area contributed by atoms with Gasteiger partial charge in [0.1, 0.15) is 28.9 Å². The number of aromatic nitrogens is 1. The van der Waals surface area contributed by atoms with E-state index in [-0.39, 0.29) is 11.1 Å². The zero-order valence-corrected chi connectivity index (χ0v) is 14.0. The fourth-order valence-corrected chi connectivity index (χ4v) is 3.91. The van der Waals surface area contributed by atoms with Crippen molar-refractivity contribution in [2.75, 3.05) is 20.0 Å². The van der Waals surface area contributed by atoms with Crippen LogP contribution in [0.2, 0.25) is 0 Å². The molecule has 1 aliphatic rings. The van der Waals surface area contributed by atoms with Crippen LogP contribution in [0.25, 0.3) is 11.1 Å². The Balaban J connectivity index is 2.37. The van der Waals surface area contributed by atoms with E-state index in [1.54, 1.807) is 26.0 Å². The van der Waals surface area contributed by atoms with Crippen molar-refractivity contribution in [1.29, 1.82) is 5.26 Å². The molecule has 6 heteroatoms. The van der Waals surface area contributed by atoms with Crippen molar-refractivity contribution in [3.8, 4) is 28.7 Å². The minimum atomic E-state index is 0.260. The lowest BCUT2D eigenvalue weighted by Crippen LogP contribution is -2.05. The van der Waals surface area contributed by atoms with E-state index in [1.807, 2.05) is 18.2 Å². The van der Waals surface area contributed by atoms with E-state index in [1.165, 1.54) is 0 Å². The van der Waals surface area contributed by atoms with E-state index in [4.69, 9.17) is 15.2 Å². The summed E-state index contributed by atoms with van der Waals surface area (Å²) in [6.07, 6.45) is 0.